The molecule has 1 amide bonds. The number of amides is 1. The molecule has 1 aliphatic heterocycles. The largest absolute Gasteiger partial charge is 0.338 e. The van der Waals surface area contributed by atoms with Crippen molar-refractivity contribution in [2.45, 2.75) is 37.4 Å². The molecule has 0 aliphatic carbocycles. The summed E-state index contributed by atoms with van der Waals surface area (Å²) in [7, 11) is -3.03. The van der Waals surface area contributed by atoms with E-state index in [2.05, 4.69) is 21.9 Å². The summed E-state index contributed by atoms with van der Waals surface area (Å²) in [5.74, 6) is 0.377. The molecule has 142 valence electrons. The van der Waals surface area contributed by atoms with Crippen LogP contribution in [0.2, 0.25) is 5.02 Å². The quantitative estimate of drug-likeness (QED) is 0.696. The van der Waals surface area contributed by atoms with Gasteiger partial charge in [0.05, 0.1) is 27.8 Å². The highest BCUT2D eigenvalue weighted by Gasteiger charge is 2.34. The molecule has 3 rings (SSSR count). The molecule has 1 N–H and O–H groups in total. The third-order valence-electron chi connectivity index (χ3n) is 4.34. The van der Waals surface area contributed by atoms with E-state index in [1.807, 2.05) is 0 Å². The van der Waals surface area contributed by atoms with Gasteiger partial charge in [0, 0.05) is 18.8 Å². The number of H-pyrrole nitrogens is 1. The SMILES string of the molecule is CCCCN(C(=O)CSc1nc2ncc(Cl)cc2[nH]1)C1CCS(=O)(=O)C1. The van der Waals surface area contributed by atoms with Crippen LogP contribution >= 0.6 is 23.4 Å². The Labute approximate surface area is 161 Å². The van der Waals surface area contributed by atoms with Gasteiger partial charge in [0.15, 0.2) is 20.6 Å². The monoisotopic (exact) mass is 416 g/mol. The van der Waals surface area contributed by atoms with Crippen molar-refractivity contribution in [1.82, 2.24) is 19.9 Å². The smallest absolute Gasteiger partial charge is 0.233 e. The zero-order valence-electron chi connectivity index (χ0n) is 14.4. The molecule has 2 aromatic heterocycles. The van der Waals surface area contributed by atoms with Crippen molar-refractivity contribution < 1.29 is 13.2 Å². The Kier molecular flexibility index (Phi) is 6.09. The topological polar surface area (TPSA) is 96.0 Å². The van der Waals surface area contributed by atoms with Crippen molar-refractivity contribution in [3.63, 3.8) is 0 Å². The number of pyridine rings is 1. The average Bonchev–Trinajstić information content (AvgIpc) is 3.15. The number of carbonyl (C=O) groups is 1. The summed E-state index contributed by atoms with van der Waals surface area (Å²) in [5.41, 5.74) is 1.27. The van der Waals surface area contributed by atoms with Crippen molar-refractivity contribution in [2.24, 2.45) is 0 Å². The van der Waals surface area contributed by atoms with Gasteiger partial charge in [-0.3, -0.25) is 4.79 Å². The highest BCUT2D eigenvalue weighted by molar-refractivity contribution is 7.99. The van der Waals surface area contributed by atoms with Gasteiger partial charge >= 0.3 is 0 Å². The first-order valence-corrected chi connectivity index (χ1v) is 11.7. The maximum atomic E-state index is 12.7. The zero-order chi connectivity index (χ0) is 18.7. The Morgan fingerprint density at radius 1 is 1.50 bits per heavy atom. The fourth-order valence-corrected chi connectivity index (χ4v) is 5.64. The van der Waals surface area contributed by atoms with Gasteiger partial charge in [-0.1, -0.05) is 36.7 Å². The van der Waals surface area contributed by atoms with Gasteiger partial charge in [0.25, 0.3) is 0 Å². The fourth-order valence-electron chi connectivity index (χ4n) is 2.99. The summed E-state index contributed by atoms with van der Waals surface area (Å²) in [6.07, 6.45) is 3.86. The number of halogens is 1. The first-order valence-electron chi connectivity index (χ1n) is 8.52. The van der Waals surface area contributed by atoms with E-state index in [-0.39, 0.29) is 29.2 Å². The Morgan fingerprint density at radius 3 is 3.00 bits per heavy atom. The second-order valence-electron chi connectivity index (χ2n) is 6.35. The van der Waals surface area contributed by atoms with E-state index >= 15 is 0 Å². The minimum atomic E-state index is -3.03. The number of rotatable bonds is 7. The molecule has 1 aliphatic rings. The lowest BCUT2D eigenvalue weighted by Crippen LogP contribution is -2.42. The number of hydrogen-bond acceptors (Lipinski definition) is 6. The molecule has 0 saturated carbocycles. The van der Waals surface area contributed by atoms with Crippen molar-refractivity contribution in [1.29, 1.82) is 0 Å². The molecular formula is C16H21ClN4O3S2. The minimum absolute atomic E-state index is 0.0583. The highest BCUT2D eigenvalue weighted by atomic mass is 35.5. The van der Waals surface area contributed by atoms with Gasteiger partial charge in [-0.15, -0.1) is 0 Å². The first kappa shape index (κ1) is 19.4. The summed E-state index contributed by atoms with van der Waals surface area (Å²) in [6, 6.07) is 1.52. The Balaban J connectivity index is 1.66. The molecule has 26 heavy (non-hydrogen) atoms. The standard InChI is InChI=1S/C16H21ClN4O3S2/c1-2-3-5-21(12-4-6-26(23,24)10-12)14(22)9-25-16-19-13-7-11(17)8-18-15(13)20-16/h7-8,12H,2-6,9-10H2,1H3,(H,18,19,20). The molecule has 3 heterocycles. The number of unbranched alkanes of at least 4 members (excludes halogenated alkanes) is 1. The van der Waals surface area contributed by atoms with Gasteiger partial charge in [0.1, 0.15) is 0 Å². The Hall–Kier alpha value is -1.32. The lowest BCUT2D eigenvalue weighted by atomic mass is 10.2. The number of sulfone groups is 1. The predicted octanol–water partition coefficient (Wildman–Crippen LogP) is 2.52. The molecule has 0 radical (unpaired) electrons. The van der Waals surface area contributed by atoms with Crippen molar-refractivity contribution in [3.05, 3.63) is 17.3 Å². The molecule has 0 bridgehead atoms. The number of carbonyl (C=O) groups excluding carboxylic acids is 1. The van der Waals surface area contributed by atoms with Crippen molar-refractivity contribution in [3.8, 4) is 0 Å². The number of nitrogens with zero attached hydrogens (tertiary/aromatic N) is 3. The Morgan fingerprint density at radius 2 is 2.31 bits per heavy atom. The van der Waals surface area contributed by atoms with Crippen LogP contribution in [-0.2, 0) is 14.6 Å². The number of imidazole rings is 1. The normalized spacial score (nSPS) is 19.1. The molecule has 0 spiro atoms. The summed E-state index contributed by atoms with van der Waals surface area (Å²) >= 11 is 7.20. The number of hydrogen-bond donors (Lipinski definition) is 1. The molecule has 1 atom stereocenters. The lowest BCUT2D eigenvalue weighted by molar-refractivity contribution is -0.130. The van der Waals surface area contributed by atoms with Gasteiger partial charge in [-0.05, 0) is 18.9 Å². The van der Waals surface area contributed by atoms with E-state index in [1.54, 1.807) is 11.0 Å². The number of fused-ring (bicyclic) bond motifs is 1. The van der Waals surface area contributed by atoms with E-state index in [9.17, 15) is 13.2 Å². The fraction of sp³-hybridized carbons (Fsp3) is 0.562. The van der Waals surface area contributed by atoms with Crippen LogP contribution in [0.25, 0.3) is 11.2 Å². The van der Waals surface area contributed by atoms with Crippen LogP contribution in [-0.4, -0.2) is 64.0 Å². The number of aromatic nitrogens is 3. The predicted molar refractivity (Wildman–Crippen MR) is 103 cm³/mol. The van der Waals surface area contributed by atoms with Gasteiger partial charge in [-0.25, -0.2) is 18.4 Å². The first-order chi connectivity index (χ1) is 12.4. The third-order valence-corrected chi connectivity index (χ3v) is 7.15. The maximum Gasteiger partial charge on any atom is 0.233 e. The summed E-state index contributed by atoms with van der Waals surface area (Å²) < 4.78 is 23.5. The molecule has 1 unspecified atom stereocenters. The van der Waals surface area contributed by atoms with Crippen LogP contribution in [0.3, 0.4) is 0 Å². The molecule has 0 aromatic carbocycles. The molecule has 1 fully saturated rings. The third kappa shape index (κ3) is 4.69. The summed E-state index contributed by atoms with van der Waals surface area (Å²) in [5, 5.41) is 1.11. The lowest BCUT2D eigenvalue weighted by Gasteiger charge is -2.28. The molecule has 2 aromatic rings. The van der Waals surface area contributed by atoms with Crippen LogP contribution in [0.5, 0.6) is 0 Å². The second-order valence-corrected chi connectivity index (χ2v) is 9.98. The molecule has 7 nitrogen and oxygen atoms in total. The van der Waals surface area contributed by atoms with Gasteiger partial charge in [-0.2, -0.15) is 0 Å². The van der Waals surface area contributed by atoms with Crippen LogP contribution in [0.4, 0.5) is 0 Å². The van der Waals surface area contributed by atoms with E-state index in [0.717, 1.165) is 18.4 Å². The summed E-state index contributed by atoms with van der Waals surface area (Å²) in [4.78, 5) is 26.0. The van der Waals surface area contributed by atoms with Crippen molar-refractivity contribution in [2.75, 3.05) is 23.8 Å². The molecule has 1 saturated heterocycles. The Bertz CT molecular complexity index is 900. The number of aromatic amines is 1. The van der Waals surface area contributed by atoms with E-state index in [4.69, 9.17) is 11.6 Å². The minimum Gasteiger partial charge on any atom is -0.338 e. The van der Waals surface area contributed by atoms with E-state index < -0.39 is 9.84 Å². The highest BCUT2D eigenvalue weighted by Crippen LogP contribution is 2.23. The second kappa shape index (κ2) is 8.14. The van der Waals surface area contributed by atoms with Crippen molar-refractivity contribution >= 4 is 50.3 Å². The number of thioether (sulfide) groups is 1. The molecule has 10 heteroatoms. The van der Waals surface area contributed by atoms with E-state index in [1.165, 1.54) is 18.0 Å². The van der Waals surface area contributed by atoms with Crippen LogP contribution in [0.1, 0.15) is 26.2 Å². The molecular weight excluding hydrogens is 396 g/mol. The zero-order valence-corrected chi connectivity index (χ0v) is 16.8. The summed E-state index contributed by atoms with van der Waals surface area (Å²) in [6.45, 7) is 2.64. The van der Waals surface area contributed by atoms with Crippen LogP contribution in [0, 0.1) is 0 Å². The van der Waals surface area contributed by atoms with Crippen LogP contribution < -0.4 is 0 Å². The maximum absolute atomic E-state index is 12.7. The van der Waals surface area contributed by atoms with Crippen LogP contribution in [0.15, 0.2) is 17.4 Å². The van der Waals surface area contributed by atoms with Gasteiger partial charge in [0.2, 0.25) is 5.91 Å². The van der Waals surface area contributed by atoms with Gasteiger partial charge < -0.3 is 9.88 Å². The number of nitrogens with one attached hydrogen (secondary N) is 1. The average molecular weight is 417 g/mol. The van der Waals surface area contributed by atoms with E-state index in [0.29, 0.717) is 28.8 Å².